The van der Waals surface area contributed by atoms with Gasteiger partial charge in [-0.25, -0.2) is 13.0 Å². The number of anilines is 1. The van der Waals surface area contributed by atoms with Crippen LogP contribution >= 0.6 is 0 Å². The van der Waals surface area contributed by atoms with Gasteiger partial charge in [-0.3, -0.25) is 13.9 Å². The van der Waals surface area contributed by atoms with E-state index in [9.17, 15) is 22.6 Å². The molecule has 1 aliphatic heterocycles. The van der Waals surface area contributed by atoms with Gasteiger partial charge < -0.3 is 9.73 Å². The summed E-state index contributed by atoms with van der Waals surface area (Å²) in [6.07, 6.45) is 2.34. The van der Waals surface area contributed by atoms with Crippen molar-refractivity contribution in [3.8, 4) is 11.3 Å². The van der Waals surface area contributed by atoms with Crippen LogP contribution in [-0.2, 0) is 11.0 Å². The van der Waals surface area contributed by atoms with Crippen LogP contribution in [0, 0.1) is 11.6 Å². The Hall–Kier alpha value is -3.07. The van der Waals surface area contributed by atoms with Crippen molar-refractivity contribution < 1.29 is 27.0 Å². The zero-order valence-corrected chi connectivity index (χ0v) is 17.1. The van der Waals surface area contributed by atoms with Crippen LogP contribution in [0.15, 0.2) is 34.7 Å². The Bertz CT molecular complexity index is 1220. The van der Waals surface area contributed by atoms with Crippen LogP contribution in [0.25, 0.3) is 22.3 Å². The predicted octanol–water partition coefficient (Wildman–Crippen LogP) is 3.81. The summed E-state index contributed by atoms with van der Waals surface area (Å²) in [5.74, 6) is -2.39. The van der Waals surface area contributed by atoms with Crippen molar-refractivity contribution in [3.05, 3.63) is 53.1 Å². The molecule has 1 aromatic heterocycles. The molecule has 1 amide bonds. The van der Waals surface area contributed by atoms with Crippen molar-refractivity contribution in [1.29, 1.82) is 0 Å². The van der Waals surface area contributed by atoms with E-state index >= 15 is 0 Å². The minimum absolute atomic E-state index is 0.0435. The molecule has 30 heavy (non-hydrogen) atoms. The van der Waals surface area contributed by atoms with E-state index in [0.29, 0.717) is 35.7 Å². The minimum atomic E-state index is -1.38. The maximum absolute atomic E-state index is 14.5. The van der Waals surface area contributed by atoms with E-state index in [-0.39, 0.29) is 34.7 Å². The number of Topliss-reactive ketones (excluding diaryl/α,β-unsaturated/α-hetero) is 1. The van der Waals surface area contributed by atoms with Gasteiger partial charge in [0.2, 0.25) is 0 Å². The van der Waals surface area contributed by atoms with E-state index in [1.165, 1.54) is 25.4 Å². The molecule has 0 saturated heterocycles. The molecule has 0 saturated carbocycles. The van der Waals surface area contributed by atoms with Crippen molar-refractivity contribution in [2.24, 2.45) is 0 Å². The maximum Gasteiger partial charge on any atom is 0.255 e. The monoisotopic (exact) mass is 432 g/mol. The first-order valence-corrected chi connectivity index (χ1v) is 10.8. The molecule has 2 aromatic carbocycles. The van der Waals surface area contributed by atoms with E-state index in [0.717, 1.165) is 6.07 Å². The summed E-state index contributed by atoms with van der Waals surface area (Å²) in [7, 11) is 0.0441. The zero-order chi connectivity index (χ0) is 21.6. The van der Waals surface area contributed by atoms with Crippen LogP contribution in [-0.4, -0.2) is 35.7 Å². The Labute approximate surface area is 173 Å². The van der Waals surface area contributed by atoms with Gasteiger partial charge in [0, 0.05) is 49.4 Å². The number of nitrogens with zero attached hydrogens (tertiary/aromatic N) is 1. The summed E-state index contributed by atoms with van der Waals surface area (Å²) in [5, 5.41) is 2.81. The molecular formula is C21H18F2N2O4S. The van der Waals surface area contributed by atoms with Crippen LogP contribution < -0.4 is 9.62 Å². The van der Waals surface area contributed by atoms with Gasteiger partial charge >= 0.3 is 0 Å². The quantitative estimate of drug-likeness (QED) is 0.683. The van der Waals surface area contributed by atoms with E-state index in [2.05, 4.69) is 5.32 Å². The molecule has 0 spiro atoms. The number of benzene rings is 2. The SMILES string of the molecule is CNC(=O)c1c(-c2ccc(F)cc2F)oc2cc3c(cc12)C(=O)CCCN3S(C)=O. The highest BCUT2D eigenvalue weighted by molar-refractivity contribution is 7.85. The summed E-state index contributed by atoms with van der Waals surface area (Å²) >= 11 is 0. The summed E-state index contributed by atoms with van der Waals surface area (Å²) in [6.45, 7) is 0.426. The van der Waals surface area contributed by atoms with Crippen molar-refractivity contribution in [2.45, 2.75) is 12.8 Å². The lowest BCUT2D eigenvalue weighted by molar-refractivity contribution is 0.0961. The molecular weight excluding hydrogens is 414 g/mol. The molecule has 0 bridgehead atoms. The Morgan fingerprint density at radius 1 is 1.20 bits per heavy atom. The number of fused-ring (bicyclic) bond motifs is 2. The Kier molecular flexibility index (Phi) is 5.15. The standard InChI is InChI=1S/C21H18F2N2O4S/c1-24-21(27)19-14-9-13-16(25(30(2)28)7-3-4-17(13)26)10-18(14)29-20(19)12-6-5-11(22)8-15(12)23/h5-6,8-10H,3-4,7H2,1-2H3,(H,24,27). The minimum Gasteiger partial charge on any atom is -0.455 e. The number of carbonyl (C=O) groups is 2. The molecule has 0 aliphatic carbocycles. The van der Waals surface area contributed by atoms with Gasteiger partial charge in [0.05, 0.1) is 16.8 Å². The zero-order valence-electron chi connectivity index (χ0n) is 16.3. The number of nitrogens with one attached hydrogen (secondary N) is 1. The highest BCUT2D eigenvalue weighted by Crippen LogP contribution is 2.39. The Morgan fingerprint density at radius 3 is 2.63 bits per heavy atom. The third kappa shape index (κ3) is 3.28. The third-order valence-electron chi connectivity index (χ3n) is 5.08. The number of amides is 1. The van der Waals surface area contributed by atoms with Crippen LogP contribution in [0.4, 0.5) is 14.5 Å². The number of hydrogen-bond donors (Lipinski definition) is 1. The third-order valence-corrected chi connectivity index (χ3v) is 6.08. The van der Waals surface area contributed by atoms with Crippen LogP contribution in [0.2, 0.25) is 0 Å². The van der Waals surface area contributed by atoms with E-state index < -0.39 is 28.5 Å². The molecule has 1 unspecified atom stereocenters. The molecule has 4 rings (SSSR count). The van der Waals surface area contributed by atoms with Crippen LogP contribution in [0.3, 0.4) is 0 Å². The molecule has 0 fully saturated rings. The highest BCUT2D eigenvalue weighted by atomic mass is 32.2. The summed E-state index contributed by atoms with van der Waals surface area (Å²) in [4.78, 5) is 25.3. The first-order valence-electron chi connectivity index (χ1n) is 9.24. The van der Waals surface area contributed by atoms with Crippen LogP contribution in [0.1, 0.15) is 33.6 Å². The molecule has 2 heterocycles. The largest absolute Gasteiger partial charge is 0.455 e. The smallest absolute Gasteiger partial charge is 0.255 e. The van der Waals surface area contributed by atoms with Crippen molar-refractivity contribution >= 4 is 39.3 Å². The second-order valence-electron chi connectivity index (χ2n) is 6.93. The van der Waals surface area contributed by atoms with E-state index in [1.54, 1.807) is 10.4 Å². The van der Waals surface area contributed by atoms with Crippen molar-refractivity contribution in [2.75, 3.05) is 24.2 Å². The predicted molar refractivity (Wildman–Crippen MR) is 110 cm³/mol. The molecule has 1 atom stereocenters. The molecule has 6 nitrogen and oxygen atoms in total. The molecule has 1 aliphatic rings. The Morgan fingerprint density at radius 2 is 1.97 bits per heavy atom. The number of ketones is 1. The molecule has 0 radical (unpaired) electrons. The lowest BCUT2D eigenvalue weighted by Gasteiger charge is -2.20. The second kappa shape index (κ2) is 7.64. The second-order valence-corrected chi connectivity index (χ2v) is 8.22. The van der Waals surface area contributed by atoms with Crippen molar-refractivity contribution in [1.82, 2.24) is 5.32 Å². The number of furan rings is 1. The van der Waals surface area contributed by atoms with Gasteiger partial charge in [-0.15, -0.1) is 0 Å². The summed E-state index contributed by atoms with van der Waals surface area (Å²) < 4.78 is 47.5. The molecule has 156 valence electrons. The number of carbonyl (C=O) groups excluding carboxylic acids is 2. The number of hydrogen-bond acceptors (Lipinski definition) is 4. The maximum atomic E-state index is 14.5. The molecule has 3 aromatic rings. The Balaban J connectivity index is 2.04. The van der Waals surface area contributed by atoms with Gasteiger partial charge in [-0.2, -0.15) is 0 Å². The normalized spacial score (nSPS) is 15.1. The average Bonchev–Trinajstić information content (AvgIpc) is 2.98. The topological polar surface area (TPSA) is 79.6 Å². The fourth-order valence-corrected chi connectivity index (χ4v) is 4.50. The number of halogens is 2. The van der Waals surface area contributed by atoms with E-state index in [1.807, 2.05) is 0 Å². The van der Waals surface area contributed by atoms with Crippen LogP contribution in [0.5, 0.6) is 0 Å². The summed E-state index contributed by atoms with van der Waals surface area (Å²) in [6, 6.07) is 6.04. The molecule has 9 heteroatoms. The van der Waals surface area contributed by atoms with Gasteiger partial charge in [-0.1, -0.05) is 0 Å². The summed E-state index contributed by atoms with van der Waals surface area (Å²) in [5.41, 5.74) is 0.961. The van der Waals surface area contributed by atoms with Crippen molar-refractivity contribution in [3.63, 3.8) is 0 Å². The van der Waals surface area contributed by atoms with Gasteiger partial charge in [0.1, 0.15) is 28.2 Å². The molecule has 1 N–H and O–H groups in total. The van der Waals surface area contributed by atoms with Gasteiger partial charge in [-0.05, 0) is 24.6 Å². The van der Waals surface area contributed by atoms with E-state index in [4.69, 9.17) is 4.42 Å². The van der Waals surface area contributed by atoms with Gasteiger partial charge in [0.25, 0.3) is 5.91 Å². The first-order chi connectivity index (χ1) is 14.3. The first kappa shape index (κ1) is 20.2. The fourth-order valence-electron chi connectivity index (χ4n) is 3.68. The highest BCUT2D eigenvalue weighted by Gasteiger charge is 2.29. The fraction of sp³-hybridized carbons (Fsp3) is 0.238. The average molecular weight is 432 g/mol. The number of rotatable bonds is 3. The van der Waals surface area contributed by atoms with Gasteiger partial charge in [0.15, 0.2) is 11.5 Å². The lowest BCUT2D eigenvalue weighted by Crippen LogP contribution is -2.25. The lowest BCUT2D eigenvalue weighted by atomic mass is 10.00.